The van der Waals surface area contributed by atoms with Gasteiger partial charge in [0.15, 0.2) is 0 Å². The minimum Gasteiger partial charge on any atom is -0.362 e. The first-order chi connectivity index (χ1) is 9.20. The number of nitrogens with one attached hydrogen (secondary N) is 1. The molecule has 1 amide bonds. The van der Waals surface area contributed by atoms with Crippen molar-refractivity contribution in [1.29, 1.82) is 0 Å². The molecule has 0 radical (unpaired) electrons. The molecule has 1 atom stereocenters. The fourth-order valence-corrected chi connectivity index (χ4v) is 3.00. The summed E-state index contributed by atoms with van der Waals surface area (Å²) < 4.78 is 5.86. The van der Waals surface area contributed by atoms with Crippen molar-refractivity contribution in [1.82, 2.24) is 5.32 Å². The Morgan fingerprint density at radius 2 is 2.21 bits per heavy atom. The van der Waals surface area contributed by atoms with E-state index in [0.29, 0.717) is 6.54 Å². The summed E-state index contributed by atoms with van der Waals surface area (Å²) in [5, 5.41) is 3.38. The van der Waals surface area contributed by atoms with Crippen molar-refractivity contribution in [2.45, 2.75) is 25.4 Å². The molecule has 1 N–H and O–H groups in total. The molecule has 1 spiro atoms. The Bertz CT molecular complexity index is 481. The first kappa shape index (κ1) is 12.6. The second kappa shape index (κ2) is 4.94. The number of hydrogen-bond acceptors (Lipinski definition) is 3. The van der Waals surface area contributed by atoms with Gasteiger partial charge in [-0.1, -0.05) is 18.2 Å². The van der Waals surface area contributed by atoms with Crippen LogP contribution in [0, 0.1) is 6.92 Å². The van der Waals surface area contributed by atoms with Gasteiger partial charge in [-0.15, -0.1) is 0 Å². The van der Waals surface area contributed by atoms with Crippen molar-refractivity contribution < 1.29 is 9.53 Å². The Kier molecular flexibility index (Phi) is 3.29. The zero-order valence-corrected chi connectivity index (χ0v) is 11.3. The fraction of sp³-hybridized carbons (Fsp3) is 0.533. The average molecular weight is 260 g/mol. The maximum absolute atomic E-state index is 12.2. The lowest BCUT2D eigenvalue weighted by Gasteiger charge is -2.45. The molecular formula is C15H20N2O2. The zero-order valence-electron chi connectivity index (χ0n) is 11.3. The third kappa shape index (κ3) is 2.38. The van der Waals surface area contributed by atoms with E-state index in [1.807, 2.05) is 36.1 Å². The van der Waals surface area contributed by atoms with Crippen molar-refractivity contribution in [3.63, 3.8) is 0 Å². The number of piperidine rings is 1. The summed E-state index contributed by atoms with van der Waals surface area (Å²) in [6.07, 6.45) is 2.13. The minimum atomic E-state index is -0.200. The maximum Gasteiger partial charge on any atom is 0.253 e. The van der Waals surface area contributed by atoms with Gasteiger partial charge in [0.25, 0.3) is 5.91 Å². The van der Waals surface area contributed by atoms with Gasteiger partial charge in [-0.25, -0.2) is 0 Å². The highest BCUT2D eigenvalue weighted by Gasteiger charge is 2.41. The molecule has 0 aromatic heterocycles. The molecule has 1 aromatic rings. The van der Waals surface area contributed by atoms with Crippen LogP contribution in [0.5, 0.6) is 0 Å². The van der Waals surface area contributed by atoms with Crippen molar-refractivity contribution in [2.75, 3.05) is 31.1 Å². The Balaban J connectivity index is 1.87. The fourth-order valence-electron chi connectivity index (χ4n) is 3.00. The maximum atomic E-state index is 12.2. The largest absolute Gasteiger partial charge is 0.362 e. The summed E-state index contributed by atoms with van der Waals surface area (Å²) in [6, 6.07) is 8.05. The topological polar surface area (TPSA) is 41.6 Å². The van der Waals surface area contributed by atoms with Gasteiger partial charge >= 0.3 is 0 Å². The number of hydrogen-bond donors (Lipinski definition) is 1. The summed E-state index contributed by atoms with van der Waals surface area (Å²) >= 11 is 0. The lowest BCUT2D eigenvalue weighted by molar-refractivity contribution is -0.140. The molecule has 1 unspecified atom stereocenters. The van der Waals surface area contributed by atoms with Gasteiger partial charge in [0.1, 0.15) is 6.61 Å². The summed E-state index contributed by atoms with van der Waals surface area (Å²) in [6.45, 7) is 4.77. The van der Waals surface area contributed by atoms with Gasteiger partial charge in [0.05, 0.1) is 12.1 Å². The van der Waals surface area contributed by atoms with Crippen LogP contribution < -0.4 is 10.2 Å². The van der Waals surface area contributed by atoms with Crippen LogP contribution in [0.3, 0.4) is 0 Å². The highest BCUT2D eigenvalue weighted by atomic mass is 16.5. The van der Waals surface area contributed by atoms with Gasteiger partial charge in [-0.05, 0) is 37.9 Å². The molecule has 1 aromatic carbocycles. The molecular weight excluding hydrogens is 240 g/mol. The Morgan fingerprint density at radius 1 is 1.37 bits per heavy atom. The van der Waals surface area contributed by atoms with E-state index in [1.165, 1.54) is 0 Å². The SMILES string of the molecule is Cc1ccccc1N1CC2(CCCNC2)OCC1=O. The number of carbonyl (C=O) groups is 1. The Hall–Kier alpha value is -1.39. The summed E-state index contributed by atoms with van der Waals surface area (Å²) in [7, 11) is 0. The van der Waals surface area contributed by atoms with E-state index in [0.717, 1.165) is 37.2 Å². The molecule has 2 saturated heterocycles. The first-order valence-electron chi connectivity index (χ1n) is 6.91. The number of rotatable bonds is 1. The standard InChI is InChI=1S/C15H20N2O2/c1-12-5-2-3-6-13(12)17-11-15(19-9-14(17)18)7-4-8-16-10-15/h2-3,5-6,16H,4,7-11H2,1H3. The van der Waals surface area contributed by atoms with Crippen molar-refractivity contribution in [2.24, 2.45) is 0 Å². The van der Waals surface area contributed by atoms with E-state index in [2.05, 4.69) is 5.32 Å². The summed E-state index contributed by atoms with van der Waals surface area (Å²) in [5.41, 5.74) is 1.95. The molecule has 2 heterocycles. The van der Waals surface area contributed by atoms with Crippen LogP contribution in [0.25, 0.3) is 0 Å². The first-order valence-corrected chi connectivity index (χ1v) is 6.91. The minimum absolute atomic E-state index is 0.0606. The van der Waals surface area contributed by atoms with Crippen LogP contribution in [0.1, 0.15) is 18.4 Å². The quantitative estimate of drug-likeness (QED) is 0.831. The highest BCUT2D eigenvalue weighted by molar-refractivity contribution is 5.95. The number of carbonyl (C=O) groups excluding carboxylic acids is 1. The van der Waals surface area contributed by atoms with E-state index in [9.17, 15) is 4.79 Å². The number of ether oxygens (including phenoxy) is 1. The molecule has 0 aliphatic carbocycles. The second-order valence-corrected chi connectivity index (χ2v) is 5.52. The molecule has 2 aliphatic rings. The van der Waals surface area contributed by atoms with Gasteiger partial charge < -0.3 is 15.0 Å². The van der Waals surface area contributed by atoms with Crippen molar-refractivity contribution in [3.05, 3.63) is 29.8 Å². The monoisotopic (exact) mass is 260 g/mol. The summed E-state index contributed by atoms with van der Waals surface area (Å²) in [5.74, 6) is 0.0606. The van der Waals surface area contributed by atoms with Crippen molar-refractivity contribution >= 4 is 11.6 Å². The lowest BCUT2D eigenvalue weighted by atomic mass is 9.91. The Labute approximate surface area is 113 Å². The van der Waals surface area contributed by atoms with Crippen LogP contribution in [0.15, 0.2) is 24.3 Å². The number of anilines is 1. The van der Waals surface area contributed by atoms with E-state index in [4.69, 9.17) is 4.74 Å². The third-order valence-corrected chi connectivity index (χ3v) is 4.09. The van der Waals surface area contributed by atoms with Crippen LogP contribution in [0.2, 0.25) is 0 Å². The van der Waals surface area contributed by atoms with E-state index < -0.39 is 0 Å². The van der Waals surface area contributed by atoms with Crippen LogP contribution in [-0.4, -0.2) is 37.7 Å². The molecule has 102 valence electrons. The Morgan fingerprint density at radius 3 is 2.95 bits per heavy atom. The predicted octanol–water partition coefficient (Wildman–Crippen LogP) is 1.48. The third-order valence-electron chi connectivity index (χ3n) is 4.09. The van der Waals surface area contributed by atoms with Gasteiger partial charge in [-0.3, -0.25) is 4.79 Å². The number of para-hydroxylation sites is 1. The molecule has 2 aliphatic heterocycles. The molecule has 0 bridgehead atoms. The predicted molar refractivity (Wildman–Crippen MR) is 74.3 cm³/mol. The average Bonchev–Trinajstić information content (AvgIpc) is 2.44. The van der Waals surface area contributed by atoms with Gasteiger partial charge in [0, 0.05) is 12.2 Å². The molecule has 0 saturated carbocycles. The highest BCUT2D eigenvalue weighted by Crippen LogP contribution is 2.30. The van der Waals surface area contributed by atoms with E-state index in [-0.39, 0.29) is 18.1 Å². The number of amides is 1. The number of nitrogens with zero attached hydrogens (tertiary/aromatic N) is 1. The van der Waals surface area contributed by atoms with Gasteiger partial charge in [0.2, 0.25) is 0 Å². The van der Waals surface area contributed by atoms with E-state index in [1.54, 1.807) is 0 Å². The normalized spacial score (nSPS) is 27.8. The van der Waals surface area contributed by atoms with Crippen LogP contribution in [-0.2, 0) is 9.53 Å². The molecule has 4 nitrogen and oxygen atoms in total. The smallest absolute Gasteiger partial charge is 0.253 e. The molecule has 19 heavy (non-hydrogen) atoms. The number of benzene rings is 1. The van der Waals surface area contributed by atoms with Crippen LogP contribution >= 0.6 is 0 Å². The molecule has 3 rings (SSSR count). The summed E-state index contributed by atoms with van der Waals surface area (Å²) in [4.78, 5) is 14.0. The van der Waals surface area contributed by atoms with Gasteiger partial charge in [-0.2, -0.15) is 0 Å². The molecule has 4 heteroatoms. The van der Waals surface area contributed by atoms with Crippen molar-refractivity contribution in [3.8, 4) is 0 Å². The second-order valence-electron chi connectivity index (χ2n) is 5.52. The number of morpholine rings is 1. The zero-order chi connectivity index (χ0) is 13.3. The van der Waals surface area contributed by atoms with E-state index >= 15 is 0 Å². The van der Waals surface area contributed by atoms with Crippen LogP contribution in [0.4, 0.5) is 5.69 Å². The molecule has 2 fully saturated rings. The number of aryl methyl sites for hydroxylation is 1. The lowest BCUT2D eigenvalue weighted by Crippen LogP contribution is -2.61.